The number of aryl methyl sites for hydroxylation is 1. The summed E-state index contributed by atoms with van der Waals surface area (Å²) in [6.45, 7) is 2.00. The van der Waals surface area contributed by atoms with Crippen LogP contribution in [-0.2, 0) is 21.1 Å². The number of hydrogen-bond donors (Lipinski definition) is 0. The number of hydrogen-bond acceptors (Lipinski definition) is 4. The number of nitrogens with zero attached hydrogens (tertiary/aromatic N) is 2. The maximum absolute atomic E-state index is 12.6. The van der Waals surface area contributed by atoms with E-state index in [1.165, 1.54) is 11.8 Å². The average molecular weight is 435 g/mol. The number of fused-ring (bicyclic) bond motifs is 1. The molecule has 0 spiro atoms. The zero-order chi connectivity index (χ0) is 19.9. The molecule has 5 nitrogen and oxygen atoms in total. The van der Waals surface area contributed by atoms with Crippen molar-refractivity contribution in [2.45, 2.75) is 24.6 Å². The largest absolute Gasteiger partial charge is 0.316 e. The minimum atomic E-state index is -3.07. The van der Waals surface area contributed by atoms with Gasteiger partial charge in [0.05, 0.1) is 24.0 Å². The Balaban J connectivity index is 1.62. The Morgan fingerprint density at radius 1 is 1.14 bits per heavy atom. The lowest BCUT2D eigenvalue weighted by Gasteiger charge is -2.24. The van der Waals surface area contributed by atoms with Crippen LogP contribution >= 0.6 is 23.4 Å². The molecule has 0 aromatic heterocycles. The number of thioether (sulfide) groups is 1. The molecule has 0 N–H and O–H groups in total. The summed E-state index contributed by atoms with van der Waals surface area (Å²) in [6, 6.07) is 14.8. The molecule has 2 fully saturated rings. The predicted molar refractivity (Wildman–Crippen MR) is 115 cm³/mol. The van der Waals surface area contributed by atoms with E-state index in [0.717, 1.165) is 16.8 Å². The van der Waals surface area contributed by atoms with E-state index < -0.39 is 9.84 Å². The van der Waals surface area contributed by atoms with Crippen LogP contribution in [0.5, 0.6) is 0 Å². The molecule has 28 heavy (non-hydrogen) atoms. The molecule has 2 aromatic carbocycles. The maximum atomic E-state index is 12.6. The Hall–Kier alpha value is -1.83. The first-order valence-electron chi connectivity index (χ1n) is 8.90. The van der Waals surface area contributed by atoms with Crippen molar-refractivity contribution in [3.63, 3.8) is 0 Å². The molecule has 146 valence electrons. The Labute approximate surface area is 173 Å². The van der Waals surface area contributed by atoms with Crippen LogP contribution in [0.1, 0.15) is 11.1 Å². The molecule has 2 unspecified atom stereocenters. The number of aliphatic imine (C=N–C) groups is 1. The molecule has 4 rings (SSSR count). The SMILES string of the molecule is Cc1ccc(N2C(=NC(=O)Cc3ccc(Cl)cc3)SC3CS(=O)(=O)CC32)cc1. The van der Waals surface area contributed by atoms with Gasteiger partial charge in [-0.25, -0.2) is 8.42 Å². The lowest BCUT2D eigenvalue weighted by atomic mass is 10.1. The summed E-state index contributed by atoms with van der Waals surface area (Å²) in [6.07, 6.45) is 0.177. The molecule has 2 aliphatic heterocycles. The van der Waals surface area contributed by atoms with Gasteiger partial charge in [0.1, 0.15) is 0 Å². The van der Waals surface area contributed by atoms with E-state index in [9.17, 15) is 13.2 Å². The summed E-state index contributed by atoms with van der Waals surface area (Å²) in [5.74, 6) is -0.0531. The lowest BCUT2D eigenvalue weighted by Crippen LogP contribution is -2.37. The standard InChI is InChI=1S/C20H19ClN2O3S2/c1-13-2-8-16(9-3-13)23-17-11-28(25,26)12-18(17)27-20(23)22-19(24)10-14-4-6-15(21)7-5-14/h2-9,17-18H,10-12H2,1H3. The van der Waals surface area contributed by atoms with E-state index in [2.05, 4.69) is 4.99 Å². The minimum absolute atomic E-state index is 0.0862. The van der Waals surface area contributed by atoms with Gasteiger partial charge in [-0.05, 0) is 36.8 Å². The van der Waals surface area contributed by atoms with E-state index >= 15 is 0 Å². The third-order valence-corrected chi connectivity index (χ3v) is 8.33. The van der Waals surface area contributed by atoms with E-state index in [1.54, 1.807) is 24.3 Å². The normalized spacial score (nSPS) is 24.5. The molecular formula is C20H19ClN2O3S2. The van der Waals surface area contributed by atoms with Gasteiger partial charge >= 0.3 is 0 Å². The van der Waals surface area contributed by atoms with Crippen molar-refractivity contribution < 1.29 is 13.2 Å². The van der Waals surface area contributed by atoms with Crippen molar-refractivity contribution >= 4 is 50.0 Å². The summed E-state index contributed by atoms with van der Waals surface area (Å²) in [5, 5.41) is 1.09. The van der Waals surface area contributed by atoms with Gasteiger partial charge in [-0.15, -0.1) is 0 Å². The van der Waals surface area contributed by atoms with Gasteiger partial charge < -0.3 is 4.90 Å². The molecule has 0 saturated carbocycles. The van der Waals surface area contributed by atoms with E-state index in [0.29, 0.717) is 10.2 Å². The van der Waals surface area contributed by atoms with Crippen LogP contribution in [0.2, 0.25) is 5.02 Å². The monoisotopic (exact) mass is 434 g/mol. The van der Waals surface area contributed by atoms with Gasteiger partial charge in [0, 0.05) is 16.0 Å². The zero-order valence-corrected chi connectivity index (χ0v) is 17.6. The first kappa shape index (κ1) is 19.5. The Morgan fingerprint density at radius 3 is 2.50 bits per heavy atom. The number of halogens is 1. The molecule has 2 heterocycles. The highest BCUT2D eigenvalue weighted by atomic mass is 35.5. The molecule has 0 aliphatic carbocycles. The van der Waals surface area contributed by atoms with Gasteiger partial charge in [-0.2, -0.15) is 4.99 Å². The van der Waals surface area contributed by atoms with Crippen molar-refractivity contribution in [1.82, 2.24) is 0 Å². The van der Waals surface area contributed by atoms with Gasteiger partial charge in [0.25, 0.3) is 5.91 Å². The van der Waals surface area contributed by atoms with Crippen LogP contribution < -0.4 is 4.90 Å². The molecular weight excluding hydrogens is 416 g/mol. The summed E-state index contributed by atoms with van der Waals surface area (Å²) in [4.78, 5) is 18.8. The number of sulfone groups is 1. The van der Waals surface area contributed by atoms with Gasteiger partial charge in [0.15, 0.2) is 15.0 Å². The van der Waals surface area contributed by atoms with Crippen LogP contribution in [0.15, 0.2) is 53.5 Å². The van der Waals surface area contributed by atoms with Crippen molar-refractivity contribution in [3.05, 3.63) is 64.7 Å². The highest BCUT2D eigenvalue weighted by molar-refractivity contribution is 8.16. The first-order valence-corrected chi connectivity index (χ1v) is 12.0. The minimum Gasteiger partial charge on any atom is -0.316 e. The van der Waals surface area contributed by atoms with Crippen LogP contribution in [0.4, 0.5) is 5.69 Å². The zero-order valence-electron chi connectivity index (χ0n) is 15.2. The fourth-order valence-electron chi connectivity index (χ4n) is 3.49. The maximum Gasteiger partial charge on any atom is 0.252 e. The number of carbonyl (C=O) groups excluding carboxylic acids is 1. The van der Waals surface area contributed by atoms with Crippen molar-refractivity contribution in [3.8, 4) is 0 Å². The fraction of sp³-hybridized carbons (Fsp3) is 0.300. The van der Waals surface area contributed by atoms with E-state index in [4.69, 9.17) is 11.6 Å². The van der Waals surface area contributed by atoms with Crippen LogP contribution in [0.25, 0.3) is 0 Å². The first-order chi connectivity index (χ1) is 13.3. The van der Waals surface area contributed by atoms with Crippen molar-refractivity contribution in [1.29, 1.82) is 0 Å². The summed E-state index contributed by atoms with van der Waals surface area (Å²) in [5.41, 5.74) is 2.82. The molecule has 0 radical (unpaired) electrons. The van der Waals surface area contributed by atoms with Gasteiger partial charge in [0.2, 0.25) is 0 Å². The van der Waals surface area contributed by atoms with Gasteiger partial charge in [-0.1, -0.05) is 53.2 Å². The fourth-order valence-corrected chi connectivity index (χ4v) is 7.55. The Bertz CT molecular complexity index is 1030. The molecule has 2 atom stereocenters. The van der Waals surface area contributed by atoms with Crippen LogP contribution in [-0.4, -0.2) is 42.3 Å². The predicted octanol–water partition coefficient (Wildman–Crippen LogP) is 3.49. The number of carbonyl (C=O) groups is 1. The average Bonchev–Trinajstić information content (AvgIpc) is 3.09. The lowest BCUT2D eigenvalue weighted by molar-refractivity contribution is -0.117. The Morgan fingerprint density at radius 2 is 1.82 bits per heavy atom. The van der Waals surface area contributed by atoms with E-state index in [-0.39, 0.29) is 35.1 Å². The number of amidine groups is 1. The highest BCUT2D eigenvalue weighted by Crippen LogP contribution is 2.41. The number of amides is 1. The number of rotatable bonds is 3. The Kier molecular flexibility index (Phi) is 5.24. The smallest absolute Gasteiger partial charge is 0.252 e. The van der Waals surface area contributed by atoms with E-state index in [1.807, 2.05) is 36.1 Å². The molecule has 0 bridgehead atoms. The second kappa shape index (κ2) is 7.54. The summed E-state index contributed by atoms with van der Waals surface area (Å²) >= 11 is 7.28. The third-order valence-electron chi connectivity index (χ3n) is 4.87. The highest BCUT2D eigenvalue weighted by Gasteiger charge is 2.49. The third kappa shape index (κ3) is 4.11. The molecule has 2 saturated heterocycles. The second-order valence-electron chi connectivity index (χ2n) is 7.10. The quantitative estimate of drug-likeness (QED) is 0.739. The summed E-state index contributed by atoms with van der Waals surface area (Å²) < 4.78 is 24.2. The number of benzene rings is 2. The van der Waals surface area contributed by atoms with Crippen LogP contribution in [0, 0.1) is 6.92 Å². The van der Waals surface area contributed by atoms with Crippen LogP contribution in [0.3, 0.4) is 0 Å². The number of anilines is 1. The van der Waals surface area contributed by atoms with Crippen molar-refractivity contribution in [2.75, 3.05) is 16.4 Å². The molecule has 8 heteroatoms. The second-order valence-corrected chi connectivity index (χ2v) is 10.9. The molecule has 1 amide bonds. The molecule has 2 aromatic rings. The molecule has 2 aliphatic rings. The van der Waals surface area contributed by atoms with Gasteiger partial charge in [-0.3, -0.25) is 4.79 Å². The topological polar surface area (TPSA) is 66.8 Å². The van der Waals surface area contributed by atoms with Crippen molar-refractivity contribution in [2.24, 2.45) is 4.99 Å². The summed E-state index contributed by atoms with van der Waals surface area (Å²) in [7, 11) is -3.07.